The third-order valence-corrected chi connectivity index (χ3v) is 2.10. The summed E-state index contributed by atoms with van der Waals surface area (Å²) in [7, 11) is 1.69. The van der Waals surface area contributed by atoms with Crippen LogP contribution in [0.5, 0.6) is 0 Å². The van der Waals surface area contributed by atoms with Crippen molar-refractivity contribution < 1.29 is 4.74 Å². The topological polar surface area (TPSA) is 53.1 Å². The molecule has 0 saturated heterocycles. The van der Waals surface area contributed by atoms with Crippen LogP contribution in [0.4, 0.5) is 0 Å². The number of nitrogens with zero attached hydrogens (tertiary/aromatic N) is 2. The highest BCUT2D eigenvalue weighted by molar-refractivity contribution is 5.03. The highest BCUT2D eigenvalue weighted by Gasteiger charge is 2.08. The number of aromatic nitrogens is 2. The molecule has 0 saturated carbocycles. The summed E-state index contributed by atoms with van der Waals surface area (Å²) in [6.07, 6.45) is 4.55. The van der Waals surface area contributed by atoms with Crippen molar-refractivity contribution in [1.82, 2.24) is 9.55 Å². The van der Waals surface area contributed by atoms with Crippen molar-refractivity contribution in [2.75, 3.05) is 13.7 Å². The van der Waals surface area contributed by atoms with E-state index >= 15 is 0 Å². The molecule has 0 amide bonds. The zero-order chi connectivity index (χ0) is 9.68. The van der Waals surface area contributed by atoms with Gasteiger partial charge in [-0.25, -0.2) is 4.98 Å². The first kappa shape index (κ1) is 10.2. The maximum absolute atomic E-state index is 5.91. The molecular weight excluding hydrogens is 166 g/mol. The number of hydrogen-bond acceptors (Lipinski definition) is 3. The van der Waals surface area contributed by atoms with Gasteiger partial charge < -0.3 is 15.0 Å². The molecule has 0 aliphatic carbocycles. The minimum Gasteiger partial charge on any atom is -0.383 e. The first-order valence-electron chi connectivity index (χ1n) is 4.54. The van der Waals surface area contributed by atoms with Gasteiger partial charge in [-0.1, -0.05) is 6.92 Å². The molecule has 2 N–H and O–H groups in total. The molecule has 1 aromatic rings. The van der Waals surface area contributed by atoms with E-state index in [0.717, 1.165) is 18.7 Å². The van der Waals surface area contributed by atoms with Gasteiger partial charge >= 0.3 is 0 Å². The minimum absolute atomic E-state index is 0.0827. The van der Waals surface area contributed by atoms with Crippen LogP contribution in [0.3, 0.4) is 0 Å². The van der Waals surface area contributed by atoms with Crippen LogP contribution in [-0.4, -0.2) is 23.3 Å². The largest absolute Gasteiger partial charge is 0.383 e. The molecular formula is C9H17N3O. The second kappa shape index (κ2) is 4.99. The maximum atomic E-state index is 5.91. The lowest BCUT2D eigenvalue weighted by molar-refractivity contribution is 0.186. The molecule has 4 nitrogen and oxygen atoms in total. The molecule has 74 valence electrons. The van der Waals surface area contributed by atoms with Gasteiger partial charge in [-0.05, 0) is 6.42 Å². The molecule has 0 radical (unpaired) electrons. The zero-order valence-corrected chi connectivity index (χ0v) is 8.23. The molecule has 0 bridgehead atoms. The predicted octanol–water partition coefficient (Wildman–Crippen LogP) is 0.939. The summed E-state index contributed by atoms with van der Waals surface area (Å²) < 4.78 is 7.03. The van der Waals surface area contributed by atoms with Crippen LogP contribution in [0.2, 0.25) is 0 Å². The molecule has 1 heterocycles. The van der Waals surface area contributed by atoms with E-state index in [-0.39, 0.29) is 6.04 Å². The Bertz CT molecular complexity index is 247. The van der Waals surface area contributed by atoms with Gasteiger partial charge in [0.1, 0.15) is 0 Å². The summed E-state index contributed by atoms with van der Waals surface area (Å²) in [6.45, 7) is 3.58. The van der Waals surface area contributed by atoms with Crippen molar-refractivity contribution in [3.8, 4) is 0 Å². The normalized spacial score (nSPS) is 13.2. The predicted molar refractivity (Wildman–Crippen MR) is 51.3 cm³/mol. The monoisotopic (exact) mass is 183 g/mol. The van der Waals surface area contributed by atoms with E-state index < -0.39 is 0 Å². The molecule has 1 atom stereocenters. The second-order valence-electron chi connectivity index (χ2n) is 3.02. The van der Waals surface area contributed by atoms with E-state index in [0.29, 0.717) is 6.61 Å². The van der Waals surface area contributed by atoms with Crippen molar-refractivity contribution in [3.05, 3.63) is 18.2 Å². The Labute approximate surface area is 78.7 Å². The van der Waals surface area contributed by atoms with Gasteiger partial charge in [0, 0.05) is 25.9 Å². The molecule has 0 fully saturated rings. The third kappa shape index (κ3) is 2.54. The molecule has 1 aromatic heterocycles. The SMILES string of the molecule is CC[C@@H](N)c1cncn1CCOC. The summed E-state index contributed by atoms with van der Waals surface area (Å²) in [5.41, 5.74) is 6.99. The van der Waals surface area contributed by atoms with Crippen LogP contribution in [-0.2, 0) is 11.3 Å². The van der Waals surface area contributed by atoms with Gasteiger partial charge in [0.15, 0.2) is 0 Å². The Hall–Kier alpha value is -0.870. The van der Waals surface area contributed by atoms with E-state index in [2.05, 4.69) is 11.9 Å². The van der Waals surface area contributed by atoms with Crippen molar-refractivity contribution in [1.29, 1.82) is 0 Å². The quantitative estimate of drug-likeness (QED) is 0.739. The maximum Gasteiger partial charge on any atom is 0.0949 e. The lowest BCUT2D eigenvalue weighted by atomic mass is 10.2. The van der Waals surface area contributed by atoms with Gasteiger partial charge in [0.25, 0.3) is 0 Å². The van der Waals surface area contributed by atoms with E-state index in [1.165, 1.54) is 0 Å². The van der Waals surface area contributed by atoms with Gasteiger partial charge in [-0.2, -0.15) is 0 Å². The number of nitrogens with two attached hydrogens (primary N) is 1. The van der Waals surface area contributed by atoms with E-state index in [4.69, 9.17) is 10.5 Å². The van der Waals surface area contributed by atoms with Crippen molar-refractivity contribution in [2.24, 2.45) is 5.73 Å². The first-order chi connectivity index (χ1) is 6.29. The summed E-state index contributed by atoms with van der Waals surface area (Å²) in [5, 5.41) is 0. The summed E-state index contributed by atoms with van der Waals surface area (Å²) in [4.78, 5) is 4.07. The smallest absolute Gasteiger partial charge is 0.0949 e. The van der Waals surface area contributed by atoms with Gasteiger partial charge in [-0.3, -0.25) is 0 Å². The van der Waals surface area contributed by atoms with Crippen molar-refractivity contribution in [3.63, 3.8) is 0 Å². The van der Waals surface area contributed by atoms with Crippen LogP contribution >= 0.6 is 0 Å². The van der Waals surface area contributed by atoms with Gasteiger partial charge in [0.2, 0.25) is 0 Å². The zero-order valence-electron chi connectivity index (χ0n) is 8.23. The number of ether oxygens (including phenoxy) is 1. The van der Waals surface area contributed by atoms with E-state index in [9.17, 15) is 0 Å². The molecule has 4 heteroatoms. The number of imidazole rings is 1. The molecule has 0 aliphatic rings. The Morgan fingerprint density at radius 2 is 2.46 bits per heavy atom. The Kier molecular flexibility index (Phi) is 3.92. The van der Waals surface area contributed by atoms with Crippen LogP contribution in [0.1, 0.15) is 25.1 Å². The molecule has 0 aromatic carbocycles. The number of methoxy groups -OCH3 is 1. The summed E-state index contributed by atoms with van der Waals surface area (Å²) >= 11 is 0. The standard InChI is InChI=1S/C9H17N3O/c1-3-8(10)9-6-11-7-12(9)4-5-13-2/h6-8H,3-5,10H2,1-2H3/t8-/m1/s1. The molecule has 1 rings (SSSR count). The molecule has 13 heavy (non-hydrogen) atoms. The van der Waals surface area contributed by atoms with E-state index in [1.807, 2.05) is 10.8 Å². The Morgan fingerprint density at radius 1 is 1.69 bits per heavy atom. The average molecular weight is 183 g/mol. The lowest BCUT2D eigenvalue weighted by Crippen LogP contribution is -2.15. The number of hydrogen-bond donors (Lipinski definition) is 1. The third-order valence-electron chi connectivity index (χ3n) is 2.10. The first-order valence-corrected chi connectivity index (χ1v) is 4.54. The lowest BCUT2D eigenvalue weighted by Gasteiger charge is -2.12. The fraction of sp³-hybridized carbons (Fsp3) is 0.667. The molecule has 0 spiro atoms. The van der Waals surface area contributed by atoms with Gasteiger partial charge in [-0.15, -0.1) is 0 Å². The van der Waals surface area contributed by atoms with Crippen molar-refractivity contribution >= 4 is 0 Å². The highest BCUT2D eigenvalue weighted by Crippen LogP contribution is 2.12. The molecule has 0 unspecified atom stereocenters. The van der Waals surface area contributed by atoms with Crippen LogP contribution in [0.15, 0.2) is 12.5 Å². The Morgan fingerprint density at radius 3 is 3.08 bits per heavy atom. The van der Waals surface area contributed by atoms with Crippen LogP contribution < -0.4 is 5.73 Å². The summed E-state index contributed by atoms with van der Waals surface area (Å²) in [5.74, 6) is 0. The van der Waals surface area contributed by atoms with Crippen molar-refractivity contribution in [2.45, 2.75) is 25.9 Å². The van der Waals surface area contributed by atoms with Crippen LogP contribution in [0.25, 0.3) is 0 Å². The highest BCUT2D eigenvalue weighted by atomic mass is 16.5. The number of rotatable bonds is 5. The van der Waals surface area contributed by atoms with Crippen LogP contribution in [0, 0.1) is 0 Å². The Balaban J connectivity index is 2.65. The van der Waals surface area contributed by atoms with E-state index in [1.54, 1.807) is 13.4 Å². The average Bonchev–Trinajstić information content (AvgIpc) is 2.61. The minimum atomic E-state index is 0.0827. The molecule has 0 aliphatic heterocycles. The second-order valence-corrected chi connectivity index (χ2v) is 3.02. The fourth-order valence-corrected chi connectivity index (χ4v) is 1.23. The fourth-order valence-electron chi connectivity index (χ4n) is 1.23. The van der Waals surface area contributed by atoms with Gasteiger partial charge in [0.05, 0.1) is 18.6 Å². The summed E-state index contributed by atoms with van der Waals surface area (Å²) in [6, 6.07) is 0.0827.